The van der Waals surface area contributed by atoms with Gasteiger partial charge in [0, 0.05) is 0 Å². The van der Waals surface area contributed by atoms with E-state index in [9.17, 15) is 9.90 Å². The van der Waals surface area contributed by atoms with Gasteiger partial charge in [0.15, 0.2) is 0 Å². The van der Waals surface area contributed by atoms with Crippen molar-refractivity contribution in [3.8, 4) is 0 Å². The molecule has 0 radical (unpaired) electrons. The van der Waals surface area contributed by atoms with Crippen LogP contribution in [0.1, 0.15) is 44.1 Å². The number of nitrogens with two attached hydrogens (primary N) is 1. The molecule has 3 N–H and O–H groups in total. The molecule has 0 aromatic heterocycles. The molecule has 0 unspecified atom stereocenters. The Morgan fingerprint density at radius 2 is 1.81 bits per heavy atom. The summed E-state index contributed by atoms with van der Waals surface area (Å²) >= 11 is 0. The van der Waals surface area contributed by atoms with Gasteiger partial charge >= 0.3 is 5.97 Å². The standard InChI is InChI=1S/C17H25NO3/c18-15(16(19)14-10-6-1-2-7-11-14)17(20)21-12-13-8-4-3-5-9-13/h3-5,8-9,14-16,19H,1-2,6-7,10-12,18H2/t15-,16-/m0/s1. The first-order valence-corrected chi connectivity index (χ1v) is 7.82. The highest BCUT2D eigenvalue weighted by Crippen LogP contribution is 2.26. The summed E-state index contributed by atoms with van der Waals surface area (Å²) in [5, 5.41) is 10.3. The molecule has 0 heterocycles. The van der Waals surface area contributed by atoms with E-state index >= 15 is 0 Å². The van der Waals surface area contributed by atoms with Crippen LogP contribution in [0.2, 0.25) is 0 Å². The average molecular weight is 291 g/mol. The number of carbonyl (C=O) groups is 1. The van der Waals surface area contributed by atoms with Crippen molar-refractivity contribution in [3.63, 3.8) is 0 Å². The molecule has 2 rings (SSSR count). The number of aliphatic hydroxyl groups excluding tert-OH is 1. The van der Waals surface area contributed by atoms with Crippen molar-refractivity contribution in [1.29, 1.82) is 0 Å². The minimum absolute atomic E-state index is 0.117. The second-order valence-electron chi connectivity index (χ2n) is 5.86. The highest BCUT2D eigenvalue weighted by molar-refractivity contribution is 5.76. The maximum Gasteiger partial charge on any atom is 0.325 e. The van der Waals surface area contributed by atoms with Gasteiger partial charge in [-0.3, -0.25) is 4.79 Å². The molecule has 0 spiro atoms. The normalized spacial score (nSPS) is 19.5. The summed E-state index contributed by atoms with van der Waals surface area (Å²) < 4.78 is 5.21. The third kappa shape index (κ3) is 4.83. The van der Waals surface area contributed by atoms with Crippen LogP contribution in [-0.4, -0.2) is 23.2 Å². The number of aliphatic hydroxyl groups is 1. The van der Waals surface area contributed by atoms with Gasteiger partial charge in [-0.2, -0.15) is 0 Å². The zero-order chi connectivity index (χ0) is 15.1. The third-order valence-electron chi connectivity index (χ3n) is 4.25. The molecule has 116 valence electrons. The molecule has 1 fully saturated rings. The lowest BCUT2D eigenvalue weighted by atomic mass is 9.90. The van der Waals surface area contributed by atoms with Gasteiger partial charge in [0.1, 0.15) is 12.6 Å². The van der Waals surface area contributed by atoms with Crippen molar-refractivity contribution in [2.24, 2.45) is 11.7 Å². The molecule has 1 aromatic rings. The molecule has 2 atom stereocenters. The van der Waals surface area contributed by atoms with Crippen molar-refractivity contribution in [2.45, 2.75) is 57.3 Å². The average Bonchev–Trinajstić information content (AvgIpc) is 2.81. The Balaban J connectivity index is 1.83. The first-order chi connectivity index (χ1) is 10.2. The van der Waals surface area contributed by atoms with Gasteiger partial charge in [0.05, 0.1) is 6.10 Å². The summed E-state index contributed by atoms with van der Waals surface area (Å²) in [4.78, 5) is 12.0. The molecule has 1 aliphatic carbocycles. The zero-order valence-corrected chi connectivity index (χ0v) is 12.4. The zero-order valence-electron chi connectivity index (χ0n) is 12.4. The van der Waals surface area contributed by atoms with Crippen molar-refractivity contribution in [2.75, 3.05) is 0 Å². The Morgan fingerprint density at radius 3 is 2.43 bits per heavy atom. The number of esters is 1. The molecule has 0 aliphatic heterocycles. The first-order valence-electron chi connectivity index (χ1n) is 7.82. The van der Waals surface area contributed by atoms with Gasteiger partial charge in [-0.1, -0.05) is 56.0 Å². The van der Waals surface area contributed by atoms with Crippen molar-refractivity contribution >= 4 is 5.97 Å². The molecule has 4 heteroatoms. The van der Waals surface area contributed by atoms with Crippen LogP contribution in [0.5, 0.6) is 0 Å². The number of carbonyl (C=O) groups excluding carboxylic acids is 1. The van der Waals surface area contributed by atoms with Crippen molar-refractivity contribution < 1.29 is 14.6 Å². The fraction of sp³-hybridized carbons (Fsp3) is 0.588. The quantitative estimate of drug-likeness (QED) is 0.645. The summed E-state index contributed by atoms with van der Waals surface area (Å²) in [5.74, 6) is -0.401. The van der Waals surface area contributed by atoms with Gasteiger partial charge in [-0.25, -0.2) is 0 Å². The molecule has 0 saturated heterocycles. The van der Waals surface area contributed by atoms with Gasteiger partial charge in [0.25, 0.3) is 0 Å². The highest BCUT2D eigenvalue weighted by Gasteiger charge is 2.31. The Hall–Kier alpha value is -1.39. The summed E-state index contributed by atoms with van der Waals surface area (Å²) in [6.07, 6.45) is 5.71. The van der Waals surface area contributed by atoms with Crippen LogP contribution in [0, 0.1) is 5.92 Å². The largest absolute Gasteiger partial charge is 0.460 e. The van der Waals surface area contributed by atoms with E-state index in [0.717, 1.165) is 31.2 Å². The Bertz CT molecular complexity index is 427. The highest BCUT2D eigenvalue weighted by atomic mass is 16.5. The fourth-order valence-electron chi connectivity index (χ4n) is 2.91. The van der Waals surface area contributed by atoms with Crippen molar-refractivity contribution in [3.05, 3.63) is 35.9 Å². The number of ether oxygens (including phenoxy) is 1. The van der Waals surface area contributed by atoms with Crippen molar-refractivity contribution in [1.82, 2.24) is 0 Å². The van der Waals surface area contributed by atoms with Crippen LogP contribution in [0.15, 0.2) is 30.3 Å². The predicted octanol–water partition coefficient (Wildman–Crippen LogP) is 2.39. The summed E-state index contributed by atoms with van der Waals surface area (Å²) in [6.45, 7) is 0.199. The van der Waals surface area contributed by atoms with E-state index in [0.29, 0.717) is 0 Å². The maximum atomic E-state index is 12.0. The minimum Gasteiger partial charge on any atom is -0.460 e. The Kier molecular flexibility index (Phi) is 6.21. The number of hydrogen-bond donors (Lipinski definition) is 2. The van der Waals surface area contributed by atoms with Gasteiger partial charge in [-0.05, 0) is 24.3 Å². The van der Waals surface area contributed by atoms with E-state index in [1.54, 1.807) is 0 Å². The summed E-state index contributed by atoms with van der Waals surface area (Å²) in [7, 11) is 0. The summed E-state index contributed by atoms with van der Waals surface area (Å²) in [6, 6.07) is 8.53. The SMILES string of the molecule is N[C@H](C(=O)OCc1ccccc1)[C@@H](O)C1CCCCCC1. The van der Waals surface area contributed by atoms with E-state index in [1.807, 2.05) is 30.3 Å². The predicted molar refractivity (Wildman–Crippen MR) is 81.4 cm³/mol. The second kappa shape index (κ2) is 8.15. The van der Waals surface area contributed by atoms with E-state index in [2.05, 4.69) is 0 Å². The van der Waals surface area contributed by atoms with E-state index in [1.165, 1.54) is 12.8 Å². The third-order valence-corrected chi connectivity index (χ3v) is 4.25. The van der Waals surface area contributed by atoms with Gasteiger partial charge in [-0.15, -0.1) is 0 Å². The van der Waals surface area contributed by atoms with E-state index < -0.39 is 18.1 Å². The van der Waals surface area contributed by atoms with Gasteiger partial charge < -0.3 is 15.6 Å². The molecule has 0 bridgehead atoms. The van der Waals surface area contributed by atoms with Crippen LogP contribution in [0.25, 0.3) is 0 Å². The lowest BCUT2D eigenvalue weighted by molar-refractivity contribution is -0.150. The molecule has 1 saturated carbocycles. The molecular formula is C17H25NO3. The molecule has 1 aliphatic rings. The van der Waals surface area contributed by atoms with Crippen LogP contribution in [0.3, 0.4) is 0 Å². The number of benzene rings is 1. The molecule has 21 heavy (non-hydrogen) atoms. The smallest absolute Gasteiger partial charge is 0.325 e. The van der Waals surface area contributed by atoms with Crippen LogP contribution in [-0.2, 0) is 16.1 Å². The number of hydrogen-bond acceptors (Lipinski definition) is 4. The first kappa shape index (κ1) is 16.0. The monoisotopic (exact) mass is 291 g/mol. The molecular weight excluding hydrogens is 266 g/mol. The minimum atomic E-state index is -0.947. The van der Waals surface area contributed by atoms with E-state index in [-0.39, 0.29) is 12.5 Å². The van der Waals surface area contributed by atoms with Crippen LogP contribution >= 0.6 is 0 Å². The topological polar surface area (TPSA) is 72.6 Å². The van der Waals surface area contributed by atoms with E-state index in [4.69, 9.17) is 10.5 Å². The lowest BCUT2D eigenvalue weighted by Crippen LogP contribution is -2.46. The molecule has 0 amide bonds. The van der Waals surface area contributed by atoms with Crippen LogP contribution in [0.4, 0.5) is 0 Å². The molecule has 1 aromatic carbocycles. The summed E-state index contributed by atoms with van der Waals surface area (Å²) in [5.41, 5.74) is 6.80. The maximum absolute atomic E-state index is 12.0. The number of rotatable bonds is 5. The lowest BCUT2D eigenvalue weighted by Gasteiger charge is -2.25. The Labute approximate surface area is 126 Å². The second-order valence-corrected chi connectivity index (χ2v) is 5.86. The molecule has 4 nitrogen and oxygen atoms in total. The fourth-order valence-corrected chi connectivity index (χ4v) is 2.91. The van der Waals surface area contributed by atoms with Crippen LogP contribution < -0.4 is 5.73 Å². The Morgan fingerprint density at radius 1 is 1.19 bits per heavy atom. The van der Waals surface area contributed by atoms with Gasteiger partial charge in [0.2, 0.25) is 0 Å².